The smallest absolute Gasteiger partial charge is 0.269 e. The van der Waals surface area contributed by atoms with E-state index in [1.54, 1.807) is 12.1 Å². The molecule has 9 heteroatoms. The van der Waals surface area contributed by atoms with Gasteiger partial charge in [0.1, 0.15) is 0 Å². The van der Waals surface area contributed by atoms with Gasteiger partial charge in [-0.3, -0.25) is 15.1 Å². The highest BCUT2D eigenvalue weighted by Crippen LogP contribution is 2.14. The lowest BCUT2D eigenvalue weighted by atomic mass is 10.1. The second-order valence-corrected chi connectivity index (χ2v) is 6.32. The van der Waals surface area contributed by atoms with Crippen LogP contribution in [-0.4, -0.2) is 61.6 Å². The van der Waals surface area contributed by atoms with Crippen molar-refractivity contribution in [1.29, 1.82) is 0 Å². The molecule has 0 aliphatic carbocycles. The van der Waals surface area contributed by atoms with Crippen LogP contribution in [-0.2, 0) is 0 Å². The summed E-state index contributed by atoms with van der Waals surface area (Å²) >= 11 is 0. The van der Waals surface area contributed by atoms with E-state index in [1.165, 1.54) is 44.5 Å². The Kier molecular flexibility index (Phi) is 11.7. The van der Waals surface area contributed by atoms with Crippen molar-refractivity contribution in [3.8, 4) is 0 Å². The predicted molar refractivity (Wildman–Crippen MR) is 121 cm³/mol. The number of nitrogens with one attached hydrogen (secondary N) is 3. The van der Waals surface area contributed by atoms with E-state index in [-0.39, 0.29) is 29.7 Å². The Hall–Kier alpha value is -1.62. The molecule has 1 aromatic carbocycles. The van der Waals surface area contributed by atoms with Crippen LogP contribution >= 0.6 is 24.0 Å². The molecule has 1 heterocycles. The summed E-state index contributed by atoms with van der Waals surface area (Å²) in [4.78, 5) is 17.4. The number of nitrogens with zero attached hydrogens (tertiary/aromatic N) is 3. The Morgan fingerprint density at radius 3 is 2.48 bits per heavy atom. The quantitative estimate of drug-likeness (QED) is 0.123. The van der Waals surface area contributed by atoms with Gasteiger partial charge < -0.3 is 20.9 Å². The number of benzene rings is 1. The number of anilines is 1. The number of likely N-dealkylation sites (tertiary alicyclic amines) is 1. The first-order valence-electron chi connectivity index (χ1n) is 9.42. The number of hydrogen-bond acceptors (Lipinski definition) is 5. The van der Waals surface area contributed by atoms with E-state index in [0.717, 1.165) is 31.3 Å². The molecular weight excluding hydrogens is 459 g/mol. The molecule has 1 saturated heterocycles. The summed E-state index contributed by atoms with van der Waals surface area (Å²) in [5.41, 5.74) is 0.966. The van der Waals surface area contributed by atoms with E-state index in [0.29, 0.717) is 13.1 Å². The molecule has 0 saturated carbocycles. The van der Waals surface area contributed by atoms with Crippen LogP contribution in [0.4, 0.5) is 11.4 Å². The van der Waals surface area contributed by atoms with Crippen LogP contribution < -0.4 is 16.0 Å². The van der Waals surface area contributed by atoms with Crippen molar-refractivity contribution >= 4 is 41.3 Å². The Balaban J connectivity index is 0.00000364. The molecule has 1 aliphatic rings. The van der Waals surface area contributed by atoms with Gasteiger partial charge in [0.25, 0.3) is 5.69 Å². The average molecular weight is 490 g/mol. The monoisotopic (exact) mass is 490 g/mol. The number of hydrogen-bond donors (Lipinski definition) is 3. The molecule has 0 amide bonds. The number of nitro groups is 1. The molecule has 0 spiro atoms. The maximum Gasteiger partial charge on any atom is 0.269 e. The van der Waals surface area contributed by atoms with E-state index >= 15 is 0 Å². The van der Waals surface area contributed by atoms with Gasteiger partial charge in [-0.2, -0.15) is 0 Å². The summed E-state index contributed by atoms with van der Waals surface area (Å²) in [5.74, 6) is 0.829. The van der Waals surface area contributed by atoms with Crippen molar-refractivity contribution in [3.05, 3.63) is 34.4 Å². The second kappa shape index (κ2) is 13.5. The molecule has 1 fully saturated rings. The van der Waals surface area contributed by atoms with Crippen molar-refractivity contribution in [2.75, 3.05) is 51.1 Å². The van der Waals surface area contributed by atoms with Gasteiger partial charge in [0.2, 0.25) is 0 Å². The highest BCUT2D eigenvalue weighted by atomic mass is 127. The van der Waals surface area contributed by atoms with Crippen LogP contribution in [0.25, 0.3) is 0 Å². The topological polar surface area (TPSA) is 94.8 Å². The molecule has 0 atom stereocenters. The Morgan fingerprint density at radius 1 is 1.15 bits per heavy atom. The third kappa shape index (κ3) is 9.23. The van der Waals surface area contributed by atoms with Crippen LogP contribution in [0.15, 0.2) is 29.3 Å². The number of rotatable bonds is 9. The Morgan fingerprint density at radius 2 is 1.85 bits per heavy atom. The van der Waals surface area contributed by atoms with Gasteiger partial charge in [-0.05, 0) is 45.0 Å². The fraction of sp³-hybridized carbons (Fsp3) is 0.611. The normalized spacial score (nSPS) is 14.9. The molecule has 0 bridgehead atoms. The van der Waals surface area contributed by atoms with Gasteiger partial charge >= 0.3 is 0 Å². The van der Waals surface area contributed by atoms with E-state index in [9.17, 15) is 10.1 Å². The lowest BCUT2D eigenvalue weighted by Crippen LogP contribution is -2.40. The zero-order chi connectivity index (χ0) is 18.6. The molecule has 8 nitrogen and oxygen atoms in total. The molecule has 0 unspecified atom stereocenters. The van der Waals surface area contributed by atoms with Crippen molar-refractivity contribution in [1.82, 2.24) is 15.5 Å². The van der Waals surface area contributed by atoms with E-state index in [2.05, 4.69) is 32.8 Å². The predicted octanol–water partition coefficient (Wildman–Crippen LogP) is 2.67. The van der Waals surface area contributed by atoms with Gasteiger partial charge in [-0.15, -0.1) is 24.0 Å². The van der Waals surface area contributed by atoms with Crippen LogP contribution in [0.3, 0.4) is 0 Å². The molecule has 2 rings (SSSR count). The van der Waals surface area contributed by atoms with Gasteiger partial charge in [-0.1, -0.05) is 6.42 Å². The van der Waals surface area contributed by atoms with E-state index < -0.39 is 4.92 Å². The van der Waals surface area contributed by atoms with E-state index in [4.69, 9.17) is 0 Å². The van der Waals surface area contributed by atoms with Crippen molar-refractivity contribution in [2.24, 2.45) is 4.99 Å². The second-order valence-electron chi connectivity index (χ2n) is 6.32. The SMILES string of the molecule is CCNC(=NCCN1CCCCC1)NCCNc1ccc([N+](=O)[O-])cc1.I. The largest absolute Gasteiger partial charge is 0.383 e. The van der Waals surface area contributed by atoms with Crippen molar-refractivity contribution < 1.29 is 4.92 Å². The molecule has 1 aromatic rings. The van der Waals surface area contributed by atoms with Crippen LogP contribution in [0.2, 0.25) is 0 Å². The molecule has 27 heavy (non-hydrogen) atoms. The Labute approximate surface area is 178 Å². The number of non-ortho nitro benzene ring substituents is 1. The minimum atomic E-state index is -0.394. The highest BCUT2D eigenvalue weighted by molar-refractivity contribution is 14.0. The number of aliphatic imine (C=N–C) groups is 1. The average Bonchev–Trinajstić information content (AvgIpc) is 2.66. The maximum absolute atomic E-state index is 10.6. The summed E-state index contributed by atoms with van der Waals surface area (Å²) in [7, 11) is 0. The van der Waals surface area contributed by atoms with Crippen molar-refractivity contribution in [2.45, 2.75) is 26.2 Å². The first kappa shape index (κ1) is 23.4. The highest BCUT2D eigenvalue weighted by Gasteiger charge is 2.09. The standard InChI is InChI=1S/C18H30N6O2.HI/c1-2-19-18(22-12-15-23-13-4-3-5-14-23)21-11-10-20-16-6-8-17(9-7-16)24(25)26;/h6-9,20H,2-5,10-15H2,1H3,(H2,19,21,22);1H. The lowest BCUT2D eigenvalue weighted by molar-refractivity contribution is -0.384. The number of guanidine groups is 1. The maximum atomic E-state index is 10.6. The first-order valence-corrected chi connectivity index (χ1v) is 9.42. The molecule has 0 radical (unpaired) electrons. The van der Waals surface area contributed by atoms with Gasteiger partial charge in [0.05, 0.1) is 11.5 Å². The fourth-order valence-electron chi connectivity index (χ4n) is 2.92. The van der Waals surface area contributed by atoms with Gasteiger partial charge in [0.15, 0.2) is 5.96 Å². The minimum absolute atomic E-state index is 0. The number of piperidine rings is 1. The van der Waals surface area contributed by atoms with Crippen LogP contribution in [0.5, 0.6) is 0 Å². The third-order valence-corrected chi connectivity index (χ3v) is 4.30. The molecule has 3 N–H and O–H groups in total. The number of halogens is 1. The van der Waals surface area contributed by atoms with Gasteiger partial charge in [-0.25, -0.2) is 0 Å². The molecule has 152 valence electrons. The third-order valence-electron chi connectivity index (χ3n) is 4.30. The summed E-state index contributed by atoms with van der Waals surface area (Å²) < 4.78 is 0. The number of nitro benzene ring substituents is 1. The molecule has 1 aliphatic heterocycles. The lowest BCUT2D eigenvalue weighted by Gasteiger charge is -2.25. The van der Waals surface area contributed by atoms with Crippen LogP contribution in [0.1, 0.15) is 26.2 Å². The zero-order valence-electron chi connectivity index (χ0n) is 15.9. The summed E-state index contributed by atoms with van der Waals surface area (Å²) in [5, 5.41) is 20.5. The summed E-state index contributed by atoms with van der Waals surface area (Å²) in [6.07, 6.45) is 3.96. The fourth-order valence-corrected chi connectivity index (χ4v) is 2.92. The minimum Gasteiger partial charge on any atom is -0.383 e. The van der Waals surface area contributed by atoms with E-state index in [1.807, 2.05) is 0 Å². The molecular formula is C18H31IN6O2. The summed E-state index contributed by atoms with van der Waals surface area (Å²) in [6.45, 7) is 8.49. The zero-order valence-corrected chi connectivity index (χ0v) is 18.3. The van der Waals surface area contributed by atoms with Crippen molar-refractivity contribution in [3.63, 3.8) is 0 Å². The summed E-state index contributed by atoms with van der Waals surface area (Å²) in [6, 6.07) is 6.44. The Bertz CT molecular complexity index is 576. The van der Waals surface area contributed by atoms with Gasteiger partial charge in [0, 0.05) is 44.0 Å². The van der Waals surface area contributed by atoms with Crippen LogP contribution in [0, 0.1) is 10.1 Å². The molecule has 0 aromatic heterocycles. The first-order chi connectivity index (χ1) is 12.7.